The molecule has 3 rings (SSSR count). The molecule has 3 aromatic rings. The van der Waals surface area contributed by atoms with Crippen molar-refractivity contribution in [3.63, 3.8) is 0 Å². The van der Waals surface area contributed by atoms with Crippen LogP contribution < -0.4 is 10.5 Å². The van der Waals surface area contributed by atoms with Crippen LogP contribution in [0, 0.1) is 12.1 Å². The van der Waals surface area contributed by atoms with Gasteiger partial charge < -0.3 is 15.6 Å². The summed E-state index contributed by atoms with van der Waals surface area (Å²) in [5, 5.41) is 8.91. The molecule has 0 aliphatic carbocycles. The van der Waals surface area contributed by atoms with Gasteiger partial charge in [0.25, 0.3) is 0 Å². The van der Waals surface area contributed by atoms with E-state index in [4.69, 9.17) is 9.84 Å². The fraction of sp³-hybridized carbons (Fsp3) is 0.0526. The van der Waals surface area contributed by atoms with Crippen molar-refractivity contribution in [2.45, 2.75) is 6.61 Å². The lowest BCUT2D eigenvalue weighted by atomic mass is 10.0. The monoisotopic (exact) mass is 319 g/mol. The minimum atomic E-state index is -1.10. The zero-order valence-electron chi connectivity index (χ0n) is 12.8. The number of hydrogen-bond donors (Lipinski definition) is 2. The van der Waals surface area contributed by atoms with Crippen molar-refractivity contribution >= 4 is 11.7 Å². The quantitative estimate of drug-likeness (QED) is 0.756. The minimum absolute atomic E-state index is 0.0743. The molecule has 2 aromatic carbocycles. The number of hydrogen-bond acceptors (Lipinski definition) is 3. The van der Waals surface area contributed by atoms with Crippen molar-refractivity contribution in [3.8, 4) is 16.9 Å². The maximum Gasteiger partial charge on any atom is 0.355 e. The number of aromatic carboxylic acids is 1. The molecule has 1 aromatic heterocycles. The van der Waals surface area contributed by atoms with Gasteiger partial charge in [0.05, 0.1) is 0 Å². The van der Waals surface area contributed by atoms with Gasteiger partial charge in [-0.2, -0.15) is 0 Å². The number of ether oxygens (including phenoxy) is 1. The van der Waals surface area contributed by atoms with Gasteiger partial charge in [-0.15, -0.1) is 0 Å². The average Bonchev–Trinajstić information content (AvgIpc) is 2.61. The third-order valence-electron chi connectivity index (χ3n) is 3.46. The summed E-state index contributed by atoms with van der Waals surface area (Å²) in [6, 6.07) is 22.2. The molecule has 24 heavy (non-hydrogen) atoms. The first-order chi connectivity index (χ1) is 11.6. The van der Waals surface area contributed by atoms with Crippen LogP contribution in [0.25, 0.3) is 11.1 Å². The Morgan fingerprint density at radius 2 is 1.92 bits per heavy atom. The Balaban J connectivity index is 1.70. The van der Waals surface area contributed by atoms with Crippen LogP contribution in [0.5, 0.6) is 5.75 Å². The summed E-state index contributed by atoms with van der Waals surface area (Å²) in [5.74, 6) is -0.436. The smallest absolute Gasteiger partial charge is 0.355 e. The predicted molar refractivity (Wildman–Crippen MR) is 87.6 cm³/mol. The van der Waals surface area contributed by atoms with E-state index in [-0.39, 0.29) is 12.3 Å². The number of nitrogens with zero attached hydrogens (tertiary/aromatic N) is 1. The number of carboxylic acids is 1. The van der Waals surface area contributed by atoms with E-state index in [1.54, 1.807) is 0 Å². The summed E-state index contributed by atoms with van der Waals surface area (Å²) in [6.07, 6.45) is 0. The zero-order valence-corrected chi connectivity index (χ0v) is 12.8. The Hall–Kier alpha value is -3.36. The highest BCUT2D eigenvalue weighted by molar-refractivity contribution is 5.85. The molecule has 0 atom stereocenters. The fourth-order valence-electron chi connectivity index (χ4n) is 2.26. The molecule has 0 spiro atoms. The molecule has 0 bridgehead atoms. The van der Waals surface area contributed by atoms with Crippen LogP contribution in [-0.2, 0) is 6.61 Å². The maximum absolute atomic E-state index is 10.9. The van der Waals surface area contributed by atoms with Crippen molar-refractivity contribution in [2.24, 2.45) is 0 Å². The van der Waals surface area contributed by atoms with E-state index in [2.05, 4.69) is 22.9 Å². The number of benzene rings is 2. The van der Waals surface area contributed by atoms with Crippen LogP contribution >= 0.6 is 0 Å². The van der Waals surface area contributed by atoms with E-state index in [1.165, 1.54) is 6.07 Å². The van der Waals surface area contributed by atoms with Crippen LogP contribution in [0.1, 0.15) is 16.2 Å². The molecular formula is C19H15N2O3+. The Morgan fingerprint density at radius 3 is 2.62 bits per heavy atom. The summed E-state index contributed by atoms with van der Waals surface area (Å²) in [7, 11) is 0. The zero-order chi connectivity index (χ0) is 16.9. The third kappa shape index (κ3) is 3.51. The highest BCUT2D eigenvalue weighted by atomic mass is 16.5. The number of aromatic nitrogens is 1. The molecule has 5 nitrogen and oxygen atoms in total. The van der Waals surface area contributed by atoms with Gasteiger partial charge in [0.2, 0.25) is 0 Å². The lowest BCUT2D eigenvalue weighted by Crippen LogP contribution is -2.40. The molecule has 0 saturated carbocycles. The summed E-state index contributed by atoms with van der Waals surface area (Å²) in [6.45, 7) is 0.128. The molecule has 0 saturated heterocycles. The van der Waals surface area contributed by atoms with Crippen molar-refractivity contribution in [1.29, 1.82) is 0 Å². The van der Waals surface area contributed by atoms with Crippen molar-refractivity contribution < 1.29 is 20.4 Å². The van der Waals surface area contributed by atoms with Gasteiger partial charge >= 0.3 is 5.97 Å². The summed E-state index contributed by atoms with van der Waals surface area (Å²) < 4.78 is 5.63. The van der Waals surface area contributed by atoms with E-state index in [0.717, 1.165) is 16.8 Å². The lowest BCUT2D eigenvalue weighted by Gasteiger charge is -2.07. The highest BCUT2D eigenvalue weighted by Gasteiger charge is 2.07. The molecule has 118 valence electrons. The van der Waals surface area contributed by atoms with E-state index < -0.39 is 5.97 Å². The van der Waals surface area contributed by atoms with Gasteiger partial charge in [-0.1, -0.05) is 30.3 Å². The molecule has 5 heteroatoms. The van der Waals surface area contributed by atoms with Gasteiger partial charge in [0, 0.05) is 11.6 Å². The first-order valence-electron chi connectivity index (χ1n) is 7.30. The topological polar surface area (TPSA) is 87.1 Å². The lowest BCUT2D eigenvalue weighted by molar-refractivity contribution is -0.253. The van der Waals surface area contributed by atoms with Crippen LogP contribution in [-0.4, -0.2) is 16.1 Å². The van der Waals surface area contributed by atoms with Gasteiger partial charge in [-0.05, 0) is 35.9 Å². The number of quaternary nitrogens is 1. The maximum atomic E-state index is 10.9. The third-order valence-corrected chi connectivity index (χ3v) is 3.46. The molecule has 1 heterocycles. The molecule has 0 fully saturated rings. The van der Waals surface area contributed by atoms with Gasteiger partial charge in [0.1, 0.15) is 23.7 Å². The molecule has 4 N–H and O–H groups in total. The van der Waals surface area contributed by atoms with Crippen LogP contribution in [0.3, 0.4) is 0 Å². The Morgan fingerprint density at radius 1 is 1.17 bits per heavy atom. The van der Waals surface area contributed by atoms with Crippen LogP contribution in [0.2, 0.25) is 0 Å². The fourth-order valence-corrected chi connectivity index (χ4v) is 2.26. The van der Waals surface area contributed by atoms with E-state index in [0.29, 0.717) is 11.4 Å². The van der Waals surface area contributed by atoms with Gasteiger partial charge in [0.15, 0.2) is 5.69 Å². The summed E-state index contributed by atoms with van der Waals surface area (Å²) in [4.78, 5) is 14.8. The first-order valence-corrected chi connectivity index (χ1v) is 7.30. The standard InChI is InChI=1S/C19H14N2O3/c20-17-6-2-1-5-16(17)13-8-10-15(11-9-13)24-12-14-4-3-7-18(21-14)19(22)23/h1-2,5-11H,12,20H2,(H,22,23)/p+1. The Kier molecular flexibility index (Phi) is 4.41. The molecule has 0 unspecified atom stereocenters. The second kappa shape index (κ2) is 6.82. The average molecular weight is 319 g/mol. The second-order valence-electron chi connectivity index (χ2n) is 5.13. The van der Waals surface area contributed by atoms with E-state index in [1.807, 2.05) is 48.5 Å². The molecule has 0 radical (unpaired) electrons. The minimum Gasteiger partial charge on any atom is -0.487 e. The number of carboxylic acid groups (broad SMARTS) is 1. The molecular weight excluding hydrogens is 304 g/mol. The van der Waals surface area contributed by atoms with E-state index >= 15 is 0 Å². The van der Waals surface area contributed by atoms with Gasteiger partial charge in [-0.3, -0.25) is 0 Å². The largest absolute Gasteiger partial charge is 0.487 e. The van der Waals surface area contributed by atoms with Crippen molar-refractivity contribution in [2.75, 3.05) is 0 Å². The van der Waals surface area contributed by atoms with Gasteiger partial charge in [-0.25, -0.2) is 9.78 Å². The molecule has 0 amide bonds. The molecule has 0 aliphatic rings. The van der Waals surface area contributed by atoms with E-state index in [9.17, 15) is 4.79 Å². The number of rotatable bonds is 5. The molecule has 0 aliphatic heterocycles. The van der Waals surface area contributed by atoms with Crippen molar-refractivity contribution in [3.05, 3.63) is 78.1 Å². The van der Waals surface area contributed by atoms with Crippen molar-refractivity contribution in [1.82, 2.24) is 4.98 Å². The SMILES string of the molecule is [NH3+]c1ccccc1-c1ccc(OCc2c#ccc(C(=O)O)n2)cc1. The highest BCUT2D eigenvalue weighted by Crippen LogP contribution is 2.26. The summed E-state index contributed by atoms with van der Waals surface area (Å²) >= 11 is 0. The van der Waals surface area contributed by atoms with Crippen LogP contribution in [0.4, 0.5) is 5.69 Å². The Labute approximate surface area is 139 Å². The second-order valence-corrected chi connectivity index (χ2v) is 5.13. The summed E-state index contributed by atoms with van der Waals surface area (Å²) in [5.41, 5.74) is 7.43. The predicted octanol–water partition coefficient (Wildman–Crippen LogP) is 2.50. The Bertz CT molecular complexity index is 860. The normalized spacial score (nSPS) is 10.0. The van der Waals surface area contributed by atoms with Crippen LogP contribution in [0.15, 0.2) is 54.6 Å². The number of carbonyl (C=O) groups is 1. The first kappa shape index (κ1) is 15.5.